The van der Waals surface area contributed by atoms with Gasteiger partial charge in [0.25, 0.3) is 0 Å². The minimum absolute atomic E-state index is 0.0912. The molecular formula is C16H25N3O3S. The third-order valence-corrected chi connectivity index (χ3v) is 6.30. The van der Waals surface area contributed by atoms with Gasteiger partial charge in [0.1, 0.15) is 0 Å². The molecule has 1 aromatic heterocycles. The first-order chi connectivity index (χ1) is 11.0. The normalized spacial score (nSPS) is 25.5. The molecule has 1 atom stereocenters. The Morgan fingerprint density at radius 2 is 1.96 bits per heavy atom. The Hall–Kier alpha value is -0.920. The van der Waals surface area contributed by atoms with Gasteiger partial charge in [0, 0.05) is 31.3 Å². The van der Waals surface area contributed by atoms with Gasteiger partial charge in [-0.3, -0.25) is 0 Å². The molecule has 4 rings (SSSR count). The quantitative estimate of drug-likeness (QED) is 0.756. The molecule has 7 heteroatoms. The first kappa shape index (κ1) is 15.6. The number of aromatic nitrogens is 2. The van der Waals surface area contributed by atoms with Crippen LogP contribution in [0.2, 0.25) is 0 Å². The Balaban J connectivity index is 1.54. The predicted octanol–water partition coefficient (Wildman–Crippen LogP) is 1.58. The summed E-state index contributed by atoms with van der Waals surface area (Å²) in [4.78, 5) is 4.51. The maximum atomic E-state index is 12.0. The van der Waals surface area contributed by atoms with Crippen molar-refractivity contribution in [1.29, 1.82) is 0 Å². The second-order valence-electron chi connectivity index (χ2n) is 7.41. The van der Waals surface area contributed by atoms with E-state index < -0.39 is 10.0 Å². The van der Waals surface area contributed by atoms with Crippen LogP contribution in [-0.4, -0.2) is 48.3 Å². The zero-order valence-corrected chi connectivity index (χ0v) is 14.5. The Labute approximate surface area is 137 Å². The standard InChI is InChI=1S/C16H25N3O3S/c1-23(20,21)19-7-14(10-22-9-13-4-5-13)16-15(8-19)17-11-18(16)6-12-2-3-12/h11-14H,2-10H2,1H3/t14-/m1/s1. The number of fused-ring (bicyclic) bond motifs is 1. The fourth-order valence-electron chi connectivity index (χ4n) is 3.36. The van der Waals surface area contributed by atoms with Crippen LogP contribution in [0.15, 0.2) is 6.33 Å². The average Bonchev–Trinajstić information content (AvgIpc) is 3.39. The minimum atomic E-state index is -3.20. The van der Waals surface area contributed by atoms with Crippen molar-refractivity contribution in [3.05, 3.63) is 17.7 Å². The molecule has 0 N–H and O–H groups in total. The molecule has 2 aliphatic carbocycles. The van der Waals surface area contributed by atoms with Crippen molar-refractivity contribution in [1.82, 2.24) is 13.9 Å². The SMILES string of the molecule is CS(=O)(=O)N1Cc2ncn(CC3CC3)c2[C@@H](COCC2CC2)C1. The molecule has 1 aromatic rings. The van der Waals surface area contributed by atoms with Crippen molar-refractivity contribution in [3.8, 4) is 0 Å². The summed E-state index contributed by atoms with van der Waals surface area (Å²) in [6, 6.07) is 0. The number of nitrogens with zero attached hydrogens (tertiary/aromatic N) is 3. The van der Waals surface area contributed by atoms with Crippen molar-refractivity contribution in [2.24, 2.45) is 11.8 Å². The lowest BCUT2D eigenvalue weighted by molar-refractivity contribution is 0.0995. The summed E-state index contributed by atoms with van der Waals surface area (Å²) < 4.78 is 33.6. The highest BCUT2D eigenvalue weighted by atomic mass is 32.2. The van der Waals surface area contributed by atoms with Crippen LogP contribution in [0.4, 0.5) is 0 Å². The molecule has 0 spiro atoms. The van der Waals surface area contributed by atoms with Crippen LogP contribution in [-0.2, 0) is 27.8 Å². The molecule has 2 fully saturated rings. The van der Waals surface area contributed by atoms with Gasteiger partial charge in [-0.2, -0.15) is 4.31 Å². The monoisotopic (exact) mass is 339 g/mol. The van der Waals surface area contributed by atoms with Gasteiger partial charge in [0.15, 0.2) is 0 Å². The second-order valence-corrected chi connectivity index (χ2v) is 9.39. The molecule has 0 bridgehead atoms. The Morgan fingerprint density at radius 3 is 2.61 bits per heavy atom. The van der Waals surface area contributed by atoms with Gasteiger partial charge < -0.3 is 9.30 Å². The predicted molar refractivity (Wildman–Crippen MR) is 86.5 cm³/mol. The molecule has 2 heterocycles. The van der Waals surface area contributed by atoms with Crippen molar-refractivity contribution < 1.29 is 13.2 Å². The van der Waals surface area contributed by atoms with E-state index in [9.17, 15) is 8.42 Å². The summed E-state index contributed by atoms with van der Waals surface area (Å²) in [5.41, 5.74) is 2.11. The fourth-order valence-corrected chi connectivity index (χ4v) is 4.17. The largest absolute Gasteiger partial charge is 0.380 e. The van der Waals surface area contributed by atoms with Gasteiger partial charge in [-0.1, -0.05) is 0 Å². The zero-order valence-electron chi connectivity index (χ0n) is 13.6. The van der Waals surface area contributed by atoms with E-state index in [1.54, 1.807) is 0 Å². The fraction of sp³-hybridized carbons (Fsp3) is 0.812. The van der Waals surface area contributed by atoms with E-state index in [1.807, 2.05) is 6.33 Å². The summed E-state index contributed by atoms with van der Waals surface area (Å²) in [7, 11) is -3.20. The van der Waals surface area contributed by atoms with E-state index in [1.165, 1.54) is 41.9 Å². The lowest BCUT2D eigenvalue weighted by Gasteiger charge is -2.31. The summed E-state index contributed by atoms with van der Waals surface area (Å²) in [6.45, 7) is 3.31. The van der Waals surface area contributed by atoms with Crippen LogP contribution in [0.25, 0.3) is 0 Å². The van der Waals surface area contributed by atoms with E-state index in [0.29, 0.717) is 19.7 Å². The first-order valence-corrected chi connectivity index (χ1v) is 10.4. The van der Waals surface area contributed by atoms with E-state index in [2.05, 4.69) is 9.55 Å². The highest BCUT2D eigenvalue weighted by molar-refractivity contribution is 7.88. The molecular weight excluding hydrogens is 314 g/mol. The summed E-state index contributed by atoms with van der Waals surface area (Å²) in [5.74, 6) is 1.59. The number of imidazole rings is 1. The molecule has 1 aliphatic heterocycles. The molecule has 0 aromatic carbocycles. The maximum Gasteiger partial charge on any atom is 0.211 e. The van der Waals surface area contributed by atoms with Crippen molar-refractivity contribution in [2.75, 3.05) is 26.0 Å². The van der Waals surface area contributed by atoms with Crippen LogP contribution in [0.5, 0.6) is 0 Å². The second kappa shape index (κ2) is 5.86. The number of hydrogen-bond donors (Lipinski definition) is 0. The van der Waals surface area contributed by atoms with Crippen molar-refractivity contribution in [2.45, 2.75) is 44.7 Å². The number of sulfonamides is 1. The van der Waals surface area contributed by atoms with Gasteiger partial charge in [0.05, 0.1) is 31.4 Å². The molecule has 23 heavy (non-hydrogen) atoms. The highest BCUT2D eigenvalue weighted by Gasteiger charge is 2.35. The van der Waals surface area contributed by atoms with Crippen molar-refractivity contribution in [3.63, 3.8) is 0 Å². The summed E-state index contributed by atoms with van der Waals surface area (Å²) in [6.07, 6.45) is 8.30. The third-order valence-electron chi connectivity index (χ3n) is 5.09. The average molecular weight is 339 g/mol. The van der Waals surface area contributed by atoms with Gasteiger partial charge in [-0.05, 0) is 37.5 Å². The highest BCUT2D eigenvalue weighted by Crippen LogP contribution is 2.35. The first-order valence-electron chi connectivity index (χ1n) is 8.57. The molecule has 2 saturated carbocycles. The minimum Gasteiger partial charge on any atom is -0.380 e. The van der Waals surface area contributed by atoms with E-state index in [4.69, 9.17) is 4.74 Å². The van der Waals surface area contributed by atoms with Crippen LogP contribution in [0.3, 0.4) is 0 Å². The lowest BCUT2D eigenvalue weighted by Crippen LogP contribution is -2.39. The molecule has 6 nitrogen and oxygen atoms in total. The Bertz CT molecular complexity index is 677. The van der Waals surface area contributed by atoms with Crippen LogP contribution < -0.4 is 0 Å². The Morgan fingerprint density at radius 1 is 1.22 bits per heavy atom. The van der Waals surface area contributed by atoms with Gasteiger partial charge in [-0.25, -0.2) is 13.4 Å². The number of rotatable bonds is 7. The van der Waals surface area contributed by atoms with Crippen LogP contribution in [0, 0.1) is 11.8 Å². The van der Waals surface area contributed by atoms with Crippen LogP contribution in [0.1, 0.15) is 43.0 Å². The maximum absolute atomic E-state index is 12.0. The lowest BCUT2D eigenvalue weighted by atomic mass is 10.0. The third kappa shape index (κ3) is 3.61. The van der Waals surface area contributed by atoms with Gasteiger partial charge in [0.2, 0.25) is 10.0 Å². The Kier molecular flexibility index (Phi) is 3.98. The zero-order chi connectivity index (χ0) is 16.0. The van der Waals surface area contributed by atoms with Crippen LogP contribution >= 0.6 is 0 Å². The molecule has 0 saturated heterocycles. The van der Waals surface area contributed by atoms with Crippen molar-refractivity contribution >= 4 is 10.0 Å². The molecule has 128 valence electrons. The van der Waals surface area contributed by atoms with Gasteiger partial charge in [-0.15, -0.1) is 0 Å². The molecule has 0 amide bonds. The van der Waals surface area contributed by atoms with Gasteiger partial charge >= 0.3 is 0 Å². The molecule has 3 aliphatic rings. The smallest absolute Gasteiger partial charge is 0.211 e. The molecule has 0 radical (unpaired) electrons. The van der Waals surface area contributed by atoms with E-state index in [-0.39, 0.29) is 5.92 Å². The summed E-state index contributed by atoms with van der Waals surface area (Å²) >= 11 is 0. The topological polar surface area (TPSA) is 64.4 Å². The van der Waals surface area contributed by atoms with E-state index in [0.717, 1.165) is 30.7 Å². The molecule has 0 unspecified atom stereocenters. The van der Waals surface area contributed by atoms with E-state index >= 15 is 0 Å². The number of ether oxygens (including phenoxy) is 1. The number of hydrogen-bond acceptors (Lipinski definition) is 4. The summed E-state index contributed by atoms with van der Waals surface area (Å²) in [5, 5.41) is 0.